The summed E-state index contributed by atoms with van der Waals surface area (Å²) in [5.74, 6) is -0.208. The highest BCUT2D eigenvalue weighted by atomic mass is 32.2. The van der Waals surface area contributed by atoms with Crippen molar-refractivity contribution in [3.63, 3.8) is 0 Å². The summed E-state index contributed by atoms with van der Waals surface area (Å²) < 4.78 is 0. The number of fused-ring (bicyclic) bond motifs is 1. The van der Waals surface area contributed by atoms with Gasteiger partial charge >= 0.3 is 0 Å². The van der Waals surface area contributed by atoms with Crippen LogP contribution in [0.25, 0.3) is 0 Å². The number of benzene rings is 1. The Bertz CT molecular complexity index is 471. The van der Waals surface area contributed by atoms with Crippen molar-refractivity contribution in [3.05, 3.63) is 34.9 Å². The molecule has 0 atom stereocenters. The van der Waals surface area contributed by atoms with Crippen molar-refractivity contribution in [2.45, 2.75) is 4.90 Å². The number of thioether (sulfide) groups is 1. The number of nitrogens with one attached hydrogen (secondary N) is 2. The zero-order valence-corrected chi connectivity index (χ0v) is 8.56. The van der Waals surface area contributed by atoms with Crippen molar-refractivity contribution >= 4 is 23.3 Å². The van der Waals surface area contributed by atoms with E-state index in [0.717, 1.165) is 10.6 Å². The lowest BCUT2D eigenvalue weighted by atomic mass is 10.3. The first-order valence-electron chi connectivity index (χ1n) is 4.25. The Kier molecular flexibility index (Phi) is 2.35. The molecule has 1 heterocycles. The summed E-state index contributed by atoms with van der Waals surface area (Å²) in [7, 11) is 0. The number of hydrogen-bond donors (Lipinski definition) is 3. The summed E-state index contributed by atoms with van der Waals surface area (Å²) >= 11 is 1.42. The van der Waals surface area contributed by atoms with Gasteiger partial charge in [-0.2, -0.15) is 5.26 Å². The predicted octanol–water partition coefficient (Wildman–Crippen LogP) is 1.88. The number of rotatable bonds is 1. The average molecular weight is 216 g/mol. The van der Waals surface area contributed by atoms with Crippen molar-refractivity contribution in [1.82, 2.24) is 0 Å². The molecule has 2 rings (SSSR count). The van der Waals surface area contributed by atoms with Gasteiger partial charge in [0.25, 0.3) is 0 Å². The molecule has 1 aliphatic heterocycles. The molecule has 0 amide bonds. The first kappa shape index (κ1) is 9.62. The monoisotopic (exact) mass is 216 g/mol. The Morgan fingerprint density at radius 2 is 2.20 bits per heavy atom. The summed E-state index contributed by atoms with van der Waals surface area (Å²) in [6.07, 6.45) is 0. The first-order valence-corrected chi connectivity index (χ1v) is 5.06. The van der Waals surface area contributed by atoms with Crippen molar-refractivity contribution < 1.29 is 0 Å². The topological polar surface area (TPSA) is 85.7 Å². The molecule has 0 aromatic heterocycles. The smallest absolute Gasteiger partial charge is 0.136 e. The highest BCUT2D eigenvalue weighted by Crippen LogP contribution is 2.41. The van der Waals surface area contributed by atoms with Crippen molar-refractivity contribution in [2.75, 3.05) is 5.32 Å². The van der Waals surface area contributed by atoms with E-state index in [0.29, 0.717) is 5.03 Å². The van der Waals surface area contributed by atoms with Crippen LogP contribution >= 0.6 is 11.8 Å². The highest BCUT2D eigenvalue weighted by Gasteiger charge is 2.19. The normalized spacial score (nSPS) is 16.2. The zero-order valence-electron chi connectivity index (χ0n) is 7.74. The molecular formula is C10H8N4S. The molecule has 1 aliphatic rings. The summed E-state index contributed by atoms with van der Waals surface area (Å²) in [6, 6.07) is 9.64. The lowest BCUT2D eigenvalue weighted by Crippen LogP contribution is -2.14. The van der Waals surface area contributed by atoms with E-state index in [-0.39, 0.29) is 11.4 Å². The fourth-order valence-electron chi connectivity index (χ4n) is 1.26. The zero-order chi connectivity index (χ0) is 10.8. The fourth-order valence-corrected chi connectivity index (χ4v) is 2.28. The Hall–Kier alpha value is -1.93. The van der Waals surface area contributed by atoms with Crippen LogP contribution in [0.5, 0.6) is 0 Å². The van der Waals surface area contributed by atoms with E-state index in [9.17, 15) is 0 Å². The molecule has 74 valence electrons. The fraction of sp³-hybridized carbons (Fsp3) is 0. The Balaban J connectivity index is 2.42. The number of amidine groups is 1. The lowest BCUT2D eigenvalue weighted by molar-refractivity contribution is 1.40. The minimum absolute atomic E-state index is 0.191. The summed E-state index contributed by atoms with van der Waals surface area (Å²) in [5.41, 5.74) is 6.45. The molecule has 0 spiro atoms. The molecular weight excluding hydrogens is 208 g/mol. The van der Waals surface area contributed by atoms with Gasteiger partial charge in [0.05, 0.1) is 10.7 Å². The van der Waals surface area contributed by atoms with Crippen LogP contribution in [-0.4, -0.2) is 5.84 Å². The largest absolute Gasteiger partial charge is 0.383 e. The van der Waals surface area contributed by atoms with Crippen molar-refractivity contribution in [1.29, 1.82) is 10.7 Å². The standard InChI is InChI=1S/C10H8N4S/c11-5-6(9(12)13)10-14-7-3-1-2-4-8(7)15-10/h1-4,14H,(H3,12,13)/b10-6+. The van der Waals surface area contributed by atoms with E-state index in [4.69, 9.17) is 16.4 Å². The summed E-state index contributed by atoms with van der Waals surface area (Å²) in [4.78, 5) is 1.04. The molecule has 15 heavy (non-hydrogen) atoms. The van der Waals surface area contributed by atoms with Gasteiger partial charge in [-0.1, -0.05) is 23.9 Å². The van der Waals surface area contributed by atoms with E-state index in [1.165, 1.54) is 11.8 Å². The maximum atomic E-state index is 8.85. The van der Waals surface area contributed by atoms with Gasteiger partial charge in [-0.15, -0.1) is 0 Å². The Morgan fingerprint density at radius 3 is 2.80 bits per heavy atom. The van der Waals surface area contributed by atoms with Crippen LogP contribution in [0.15, 0.2) is 39.8 Å². The summed E-state index contributed by atoms with van der Waals surface area (Å²) in [6.45, 7) is 0. The molecule has 0 aliphatic carbocycles. The van der Waals surface area contributed by atoms with Crippen LogP contribution in [0.3, 0.4) is 0 Å². The average Bonchev–Trinajstić information content (AvgIpc) is 2.61. The van der Waals surface area contributed by atoms with E-state index in [1.807, 2.05) is 30.3 Å². The number of anilines is 1. The lowest BCUT2D eigenvalue weighted by Gasteiger charge is -2.00. The number of hydrogen-bond acceptors (Lipinski definition) is 4. The molecule has 0 saturated carbocycles. The number of nitriles is 1. The van der Waals surface area contributed by atoms with E-state index in [1.54, 1.807) is 0 Å². The molecule has 0 bridgehead atoms. The van der Waals surface area contributed by atoms with Gasteiger partial charge in [-0.05, 0) is 12.1 Å². The maximum Gasteiger partial charge on any atom is 0.136 e. The third-order valence-corrected chi connectivity index (χ3v) is 3.04. The van der Waals surface area contributed by atoms with Gasteiger partial charge in [0.15, 0.2) is 0 Å². The van der Waals surface area contributed by atoms with Crippen LogP contribution in [-0.2, 0) is 0 Å². The second kappa shape index (κ2) is 3.67. The minimum atomic E-state index is -0.208. The quantitative estimate of drug-likeness (QED) is 0.380. The Labute approximate surface area is 91.3 Å². The van der Waals surface area contributed by atoms with Gasteiger partial charge in [0, 0.05) is 4.90 Å². The van der Waals surface area contributed by atoms with Crippen LogP contribution in [0.4, 0.5) is 5.69 Å². The number of nitrogens with two attached hydrogens (primary N) is 1. The van der Waals surface area contributed by atoms with Gasteiger partial charge in [0.2, 0.25) is 0 Å². The van der Waals surface area contributed by atoms with Crippen LogP contribution in [0.2, 0.25) is 0 Å². The second-order valence-electron chi connectivity index (χ2n) is 2.95. The van der Waals surface area contributed by atoms with Gasteiger partial charge in [0.1, 0.15) is 17.5 Å². The molecule has 0 unspecified atom stereocenters. The molecule has 0 saturated heterocycles. The van der Waals surface area contributed by atoms with Crippen molar-refractivity contribution in [3.8, 4) is 6.07 Å². The molecule has 0 fully saturated rings. The number of nitrogens with zero attached hydrogens (tertiary/aromatic N) is 1. The minimum Gasteiger partial charge on any atom is -0.383 e. The molecule has 4 nitrogen and oxygen atoms in total. The van der Waals surface area contributed by atoms with Crippen LogP contribution < -0.4 is 11.1 Å². The number of para-hydroxylation sites is 1. The predicted molar refractivity (Wildman–Crippen MR) is 60.5 cm³/mol. The third kappa shape index (κ3) is 1.67. The van der Waals surface area contributed by atoms with E-state index >= 15 is 0 Å². The summed E-state index contributed by atoms with van der Waals surface area (Å²) in [5, 5.41) is 19.8. The molecule has 0 radical (unpaired) electrons. The Morgan fingerprint density at radius 1 is 1.47 bits per heavy atom. The van der Waals surface area contributed by atoms with Gasteiger partial charge < -0.3 is 11.1 Å². The first-order chi connectivity index (χ1) is 7.22. The molecule has 1 aromatic rings. The molecule has 5 heteroatoms. The maximum absolute atomic E-state index is 8.85. The van der Waals surface area contributed by atoms with Gasteiger partial charge in [-0.3, -0.25) is 5.41 Å². The highest BCUT2D eigenvalue weighted by molar-refractivity contribution is 8.03. The van der Waals surface area contributed by atoms with E-state index < -0.39 is 0 Å². The molecule has 1 aromatic carbocycles. The SMILES string of the molecule is N#C/C(C(=N)N)=C1/Nc2ccccc2S1. The second-order valence-corrected chi connectivity index (χ2v) is 4.01. The van der Waals surface area contributed by atoms with Crippen LogP contribution in [0.1, 0.15) is 0 Å². The van der Waals surface area contributed by atoms with E-state index in [2.05, 4.69) is 5.32 Å². The molecule has 4 N–H and O–H groups in total. The van der Waals surface area contributed by atoms with Crippen LogP contribution in [0, 0.1) is 16.7 Å². The van der Waals surface area contributed by atoms with Crippen molar-refractivity contribution in [2.24, 2.45) is 5.73 Å². The third-order valence-electron chi connectivity index (χ3n) is 1.96. The van der Waals surface area contributed by atoms with Gasteiger partial charge in [-0.25, -0.2) is 0 Å².